The lowest BCUT2D eigenvalue weighted by molar-refractivity contribution is 0.0881. The molecule has 0 saturated heterocycles. The predicted molar refractivity (Wildman–Crippen MR) is 98.3 cm³/mol. The van der Waals surface area contributed by atoms with E-state index >= 15 is 0 Å². The van der Waals surface area contributed by atoms with Crippen LogP contribution in [-0.4, -0.2) is 19.9 Å². The van der Waals surface area contributed by atoms with E-state index in [4.69, 9.17) is 11.6 Å². The van der Waals surface area contributed by atoms with Crippen molar-refractivity contribution in [3.05, 3.63) is 58.9 Å². The van der Waals surface area contributed by atoms with Gasteiger partial charge in [-0.1, -0.05) is 11.6 Å². The monoisotopic (exact) mass is 407 g/mol. The molecule has 0 heterocycles. The summed E-state index contributed by atoms with van der Waals surface area (Å²) < 4.78 is 40.2. The minimum absolute atomic E-state index is 0.184. The average Bonchev–Trinajstić information content (AvgIpc) is 2.60. The number of carbonyl (C=O) groups excluding carboxylic acids is 1. The van der Waals surface area contributed by atoms with Gasteiger partial charge in [0.1, 0.15) is 11.4 Å². The molecule has 0 radical (unpaired) electrons. The number of hydrogen-bond donors (Lipinski definition) is 2. The number of carbonyl (C=O) groups is 1. The van der Waals surface area contributed by atoms with Crippen molar-refractivity contribution in [1.29, 1.82) is 5.26 Å². The maximum atomic E-state index is 13.2. The second kappa shape index (κ2) is 7.18. The molecule has 2 aromatic rings. The summed E-state index contributed by atoms with van der Waals surface area (Å²) in [7, 11) is -3.96. The van der Waals surface area contributed by atoms with Gasteiger partial charge in [-0.3, -0.25) is 9.52 Å². The van der Waals surface area contributed by atoms with Gasteiger partial charge in [-0.15, -0.1) is 0 Å². The van der Waals surface area contributed by atoms with Crippen molar-refractivity contribution in [1.82, 2.24) is 5.32 Å². The van der Waals surface area contributed by atoms with Gasteiger partial charge >= 0.3 is 0 Å². The van der Waals surface area contributed by atoms with Crippen LogP contribution >= 0.6 is 11.6 Å². The minimum Gasteiger partial charge on any atom is -0.334 e. The third kappa shape index (κ3) is 4.04. The van der Waals surface area contributed by atoms with Crippen molar-refractivity contribution in [2.75, 3.05) is 4.72 Å². The zero-order valence-corrected chi connectivity index (χ0v) is 15.6. The Morgan fingerprint density at radius 3 is 2.37 bits per heavy atom. The molecule has 0 unspecified atom stereocenters. The van der Waals surface area contributed by atoms with Gasteiger partial charge in [-0.05, 0) is 61.7 Å². The van der Waals surface area contributed by atoms with Crippen LogP contribution in [-0.2, 0) is 10.0 Å². The molecule has 1 saturated carbocycles. The summed E-state index contributed by atoms with van der Waals surface area (Å²) in [4.78, 5) is 12.1. The molecule has 3 rings (SSSR count). The van der Waals surface area contributed by atoms with Crippen LogP contribution in [0.4, 0.5) is 10.1 Å². The Morgan fingerprint density at radius 2 is 1.85 bits per heavy atom. The van der Waals surface area contributed by atoms with Gasteiger partial charge in [0.05, 0.1) is 16.0 Å². The highest BCUT2D eigenvalue weighted by molar-refractivity contribution is 7.92. The van der Waals surface area contributed by atoms with Crippen molar-refractivity contribution in [2.45, 2.75) is 29.7 Å². The van der Waals surface area contributed by atoms with E-state index in [2.05, 4.69) is 16.1 Å². The first kappa shape index (κ1) is 19.1. The Balaban J connectivity index is 1.72. The highest BCUT2D eigenvalue weighted by Gasteiger charge is 2.38. The van der Waals surface area contributed by atoms with E-state index in [1.54, 1.807) is 0 Å². The van der Waals surface area contributed by atoms with Crippen LogP contribution in [0.1, 0.15) is 29.6 Å². The molecule has 2 N–H and O–H groups in total. The molecule has 0 atom stereocenters. The van der Waals surface area contributed by atoms with E-state index in [0.717, 1.165) is 24.6 Å². The standard InChI is InChI=1S/C18H15ClFN3O3S/c19-15-10-14(6-7-16(15)20)27(25,26)23-13-4-2-12(3-5-13)17(24)22-18(11-21)8-1-9-18/h2-7,10,23H,1,8-9H2,(H,22,24). The van der Waals surface area contributed by atoms with Crippen molar-refractivity contribution >= 4 is 33.2 Å². The maximum absolute atomic E-state index is 13.2. The highest BCUT2D eigenvalue weighted by atomic mass is 35.5. The number of hydrogen-bond acceptors (Lipinski definition) is 4. The van der Waals surface area contributed by atoms with E-state index < -0.39 is 27.3 Å². The predicted octanol–water partition coefficient (Wildman–Crippen LogP) is 3.46. The van der Waals surface area contributed by atoms with E-state index in [0.29, 0.717) is 18.4 Å². The van der Waals surface area contributed by atoms with E-state index in [1.165, 1.54) is 24.3 Å². The van der Waals surface area contributed by atoms with Crippen LogP contribution < -0.4 is 10.0 Å². The van der Waals surface area contributed by atoms with Crippen LogP contribution in [0.25, 0.3) is 0 Å². The number of sulfonamides is 1. The fourth-order valence-electron chi connectivity index (χ4n) is 2.63. The molecule has 1 fully saturated rings. The van der Waals surface area contributed by atoms with Crippen LogP contribution in [0, 0.1) is 17.1 Å². The number of anilines is 1. The fraction of sp³-hybridized carbons (Fsp3) is 0.222. The van der Waals surface area contributed by atoms with Gasteiger partial charge in [0, 0.05) is 11.3 Å². The Bertz CT molecular complexity index is 1030. The Hall–Kier alpha value is -2.63. The Kier molecular flexibility index (Phi) is 5.09. The normalized spacial score (nSPS) is 15.3. The zero-order chi connectivity index (χ0) is 19.7. The first-order chi connectivity index (χ1) is 12.7. The second-order valence-electron chi connectivity index (χ2n) is 6.26. The number of rotatable bonds is 5. The summed E-state index contributed by atoms with van der Waals surface area (Å²) in [6.45, 7) is 0. The van der Waals surface area contributed by atoms with Crippen molar-refractivity contribution in [3.63, 3.8) is 0 Å². The second-order valence-corrected chi connectivity index (χ2v) is 8.35. The van der Waals surface area contributed by atoms with E-state index in [1.807, 2.05) is 0 Å². The zero-order valence-electron chi connectivity index (χ0n) is 14.0. The van der Waals surface area contributed by atoms with Gasteiger partial charge in [0.2, 0.25) is 0 Å². The number of nitrogens with one attached hydrogen (secondary N) is 2. The highest BCUT2D eigenvalue weighted by Crippen LogP contribution is 2.31. The molecule has 27 heavy (non-hydrogen) atoms. The lowest BCUT2D eigenvalue weighted by atomic mass is 9.78. The smallest absolute Gasteiger partial charge is 0.261 e. The number of benzene rings is 2. The molecule has 6 nitrogen and oxygen atoms in total. The fourth-order valence-corrected chi connectivity index (χ4v) is 3.96. The molecule has 1 amide bonds. The van der Waals surface area contributed by atoms with Crippen LogP contribution in [0.5, 0.6) is 0 Å². The lowest BCUT2D eigenvalue weighted by Crippen LogP contribution is -2.52. The average molecular weight is 408 g/mol. The Labute approximate surface area is 161 Å². The van der Waals surface area contributed by atoms with Gasteiger partial charge < -0.3 is 5.32 Å². The molecule has 0 aliphatic heterocycles. The molecule has 140 valence electrons. The van der Waals surface area contributed by atoms with Crippen LogP contribution in [0.15, 0.2) is 47.4 Å². The largest absolute Gasteiger partial charge is 0.334 e. The minimum atomic E-state index is -3.96. The van der Waals surface area contributed by atoms with E-state index in [9.17, 15) is 22.9 Å². The number of nitrogens with zero attached hydrogens (tertiary/aromatic N) is 1. The maximum Gasteiger partial charge on any atom is 0.261 e. The third-order valence-electron chi connectivity index (χ3n) is 4.37. The SMILES string of the molecule is N#CC1(NC(=O)c2ccc(NS(=O)(=O)c3ccc(F)c(Cl)c3)cc2)CCC1. The molecule has 1 aliphatic rings. The molecule has 1 aliphatic carbocycles. The number of amides is 1. The van der Waals surface area contributed by atoms with Crippen molar-refractivity contribution < 1.29 is 17.6 Å². The van der Waals surface area contributed by atoms with E-state index in [-0.39, 0.29) is 15.6 Å². The van der Waals surface area contributed by atoms with Gasteiger partial charge in [-0.25, -0.2) is 12.8 Å². The van der Waals surface area contributed by atoms with Gasteiger partial charge in [0.15, 0.2) is 0 Å². The molecule has 0 aromatic heterocycles. The topological polar surface area (TPSA) is 99.1 Å². The number of nitriles is 1. The molecular weight excluding hydrogens is 393 g/mol. The first-order valence-corrected chi connectivity index (χ1v) is 9.92. The molecule has 2 aromatic carbocycles. The van der Waals surface area contributed by atoms with Gasteiger partial charge in [0.25, 0.3) is 15.9 Å². The van der Waals surface area contributed by atoms with Crippen LogP contribution in [0.3, 0.4) is 0 Å². The molecule has 0 spiro atoms. The summed E-state index contributed by atoms with van der Waals surface area (Å²) in [5.74, 6) is -1.11. The summed E-state index contributed by atoms with van der Waals surface area (Å²) in [6.07, 6.45) is 2.13. The summed E-state index contributed by atoms with van der Waals surface area (Å²) >= 11 is 5.63. The number of halogens is 2. The summed E-state index contributed by atoms with van der Waals surface area (Å²) in [5.41, 5.74) is -0.269. The quantitative estimate of drug-likeness (QED) is 0.792. The summed E-state index contributed by atoms with van der Waals surface area (Å²) in [6, 6.07) is 11.0. The molecule has 9 heteroatoms. The molecule has 0 bridgehead atoms. The van der Waals surface area contributed by atoms with Crippen molar-refractivity contribution in [2.24, 2.45) is 0 Å². The van der Waals surface area contributed by atoms with Crippen molar-refractivity contribution in [3.8, 4) is 6.07 Å². The third-order valence-corrected chi connectivity index (χ3v) is 6.04. The summed E-state index contributed by atoms with van der Waals surface area (Å²) in [5, 5.41) is 11.6. The van der Waals surface area contributed by atoms with Gasteiger partial charge in [-0.2, -0.15) is 5.26 Å². The lowest BCUT2D eigenvalue weighted by Gasteiger charge is -2.35. The Morgan fingerprint density at radius 1 is 1.19 bits per heavy atom. The van der Waals surface area contributed by atoms with Crippen LogP contribution in [0.2, 0.25) is 5.02 Å². The molecular formula is C18H15ClFN3O3S. The first-order valence-electron chi connectivity index (χ1n) is 8.06.